The van der Waals surface area contributed by atoms with Gasteiger partial charge in [0.05, 0.1) is 32.6 Å². The lowest BCUT2D eigenvalue weighted by Gasteiger charge is -2.05. The smallest absolute Gasteiger partial charge is 0.0865 e. The summed E-state index contributed by atoms with van der Waals surface area (Å²) in [5.74, 6) is 0. The van der Waals surface area contributed by atoms with Crippen molar-refractivity contribution in [1.82, 2.24) is 15.0 Å². The van der Waals surface area contributed by atoms with E-state index in [4.69, 9.17) is 40.5 Å². The molecule has 0 saturated carbocycles. The lowest BCUT2D eigenvalue weighted by atomic mass is 10.2. The zero-order valence-electron chi connectivity index (χ0n) is 9.41. The molecule has 7 heteroatoms. The van der Waals surface area contributed by atoms with Crippen molar-refractivity contribution in [2.45, 2.75) is 12.8 Å². The summed E-state index contributed by atoms with van der Waals surface area (Å²) in [7, 11) is 0. The number of aryl methyl sites for hydroxylation is 1. The molecule has 0 fully saturated rings. The number of rotatable bonds is 4. The van der Waals surface area contributed by atoms with E-state index in [1.54, 1.807) is 23.0 Å². The Morgan fingerprint density at radius 2 is 1.83 bits per heavy atom. The lowest BCUT2D eigenvalue weighted by Crippen LogP contribution is -2.00. The monoisotopic (exact) mass is 304 g/mol. The van der Waals surface area contributed by atoms with Crippen LogP contribution in [0.5, 0.6) is 0 Å². The summed E-state index contributed by atoms with van der Waals surface area (Å²) in [6, 6.07) is 3.25. The molecule has 0 spiro atoms. The fourth-order valence-corrected chi connectivity index (χ4v) is 2.13. The maximum Gasteiger partial charge on any atom is 0.0865 e. The Bertz CT molecular complexity index is 553. The molecule has 1 aromatic carbocycles. The minimum atomic E-state index is 0.411. The molecule has 0 saturated heterocycles. The van der Waals surface area contributed by atoms with Crippen molar-refractivity contribution in [3.63, 3.8) is 0 Å². The van der Waals surface area contributed by atoms with Crippen LogP contribution in [0.15, 0.2) is 18.3 Å². The highest BCUT2D eigenvalue weighted by molar-refractivity contribution is 6.43. The second kappa shape index (κ2) is 5.89. The predicted octanol–water partition coefficient (Wildman–Crippen LogP) is 3.12. The molecule has 4 nitrogen and oxygen atoms in total. The number of nitrogens with two attached hydrogens (primary N) is 1. The molecule has 0 aliphatic rings. The van der Waals surface area contributed by atoms with Crippen LogP contribution >= 0.6 is 34.8 Å². The first-order chi connectivity index (χ1) is 8.61. The van der Waals surface area contributed by atoms with Gasteiger partial charge in [0.1, 0.15) is 0 Å². The summed E-state index contributed by atoms with van der Waals surface area (Å²) >= 11 is 17.9. The molecule has 96 valence electrons. The topological polar surface area (TPSA) is 56.7 Å². The number of hydrogen-bond donors (Lipinski definition) is 1. The van der Waals surface area contributed by atoms with Crippen molar-refractivity contribution >= 4 is 34.8 Å². The van der Waals surface area contributed by atoms with Crippen LogP contribution in [0.1, 0.15) is 12.1 Å². The molecular weight excluding hydrogens is 295 g/mol. The predicted molar refractivity (Wildman–Crippen MR) is 73.8 cm³/mol. The third-order valence-electron chi connectivity index (χ3n) is 2.41. The summed E-state index contributed by atoms with van der Waals surface area (Å²) < 4.78 is 1.58. The van der Waals surface area contributed by atoms with Crippen molar-refractivity contribution in [1.29, 1.82) is 0 Å². The van der Waals surface area contributed by atoms with E-state index < -0.39 is 0 Å². The zero-order chi connectivity index (χ0) is 13.1. The zero-order valence-corrected chi connectivity index (χ0v) is 11.7. The summed E-state index contributed by atoms with van der Waals surface area (Å²) in [4.78, 5) is 0. The van der Waals surface area contributed by atoms with E-state index >= 15 is 0 Å². The standard InChI is InChI=1S/C11H11Cl3N4/c12-8-4-10(14)11(5-9(8)13)18-6-7(16-17-18)2-1-3-15/h4-6H,1-3,15H2. The Kier molecular flexibility index (Phi) is 4.45. The van der Waals surface area contributed by atoms with E-state index in [1.807, 2.05) is 0 Å². The van der Waals surface area contributed by atoms with Gasteiger partial charge in [-0.1, -0.05) is 40.0 Å². The molecule has 2 N–H and O–H groups in total. The number of aromatic nitrogens is 3. The number of benzene rings is 1. The fraction of sp³-hybridized carbons (Fsp3) is 0.273. The van der Waals surface area contributed by atoms with Crippen LogP contribution in [0.25, 0.3) is 5.69 Å². The van der Waals surface area contributed by atoms with Gasteiger partial charge in [0.15, 0.2) is 0 Å². The molecule has 0 aliphatic carbocycles. The van der Waals surface area contributed by atoms with Crippen LogP contribution in [0, 0.1) is 0 Å². The first-order valence-electron chi connectivity index (χ1n) is 5.38. The Hall–Kier alpha value is -0.810. The highest BCUT2D eigenvalue weighted by atomic mass is 35.5. The van der Waals surface area contributed by atoms with Crippen molar-refractivity contribution in [2.24, 2.45) is 5.73 Å². The molecule has 0 unspecified atom stereocenters. The molecule has 2 aromatic rings. The molecule has 2 rings (SSSR count). The Morgan fingerprint density at radius 1 is 1.11 bits per heavy atom. The van der Waals surface area contributed by atoms with Gasteiger partial charge in [-0.15, -0.1) is 5.10 Å². The Balaban J connectivity index is 2.31. The van der Waals surface area contributed by atoms with Gasteiger partial charge in [0, 0.05) is 0 Å². The van der Waals surface area contributed by atoms with Crippen LogP contribution < -0.4 is 5.73 Å². The summed E-state index contributed by atoms with van der Waals surface area (Å²) in [5.41, 5.74) is 6.96. The Labute approximate surface area is 120 Å². The average molecular weight is 306 g/mol. The lowest BCUT2D eigenvalue weighted by molar-refractivity contribution is 0.779. The maximum absolute atomic E-state index is 6.10. The van der Waals surface area contributed by atoms with Crippen molar-refractivity contribution in [3.8, 4) is 5.69 Å². The molecular formula is C11H11Cl3N4. The highest BCUT2D eigenvalue weighted by Gasteiger charge is 2.10. The van der Waals surface area contributed by atoms with Crippen molar-refractivity contribution in [2.75, 3.05) is 6.54 Å². The molecule has 18 heavy (non-hydrogen) atoms. The van der Waals surface area contributed by atoms with E-state index in [2.05, 4.69) is 10.3 Å². The van der Waals surface area contributed by atoms with Gasteiger partial charge in [-0.05, 0) is 31.5 Å². The van der Waals surface area contributed by atoms with Gasteiger partial charge in [0.25, 0.3) is 0 Å². The summed E-state index contributed by atoms with van der Waals surface area (Å²) in [6.07, 6.45) is 3.46. The van der Waals surface area contributed by atoms with Crippen LogP contribution in [0.3, 0.4) is 0 Å². The van der Waals surface area contributed by atoms with E-state index in [1.165, 1.54) is 0 Å². The van der Waals surface area contributed by atoms with E-state index in [0.29, 0.717) is 27.3 Å². The molecule has 1 heterocycles. The quantitative estimate of drug-likeness (QED) is 0.883. The molecule has 0 atom stereocenters. The summed E-state index contributed by atoms with van der Waals surface area (Å²) in [6.45, 7) is 0.625. The molecule has 0 amide bonds. The second-order valence-corrected chi connectivity index (χ2v) is 4.99. The third-order valence-corrected chi connectivity index (χ3v) is 3.44. The fourth-order valence-electron chi connectivity index (χ4n) is 1.50. The minimum absolute atomic E-state index is 0.411. The van der Waals surface area contributed by atoms with Gasteiger partial charge >= 0.3 is 0 Å². The largest absolute Gasteiger partial charge is 0.330 e. The molecule has 0 aliphatic heterocycles. The number of nitrogens with zero attached hydrogens (tertiary/aromatic N) is 3. The van der Waals surface area contributed by atoms with E-state index in [9.17, 15) is 0 Å². The average Bonchev–Trinajstić information content (AvgIpc) is 2.79. The van der Waals surface area contributed by atoms with Crippen LogP contribution in [0.4, 0.5) is 0 Å². The van der Waals surface area contributed by atoms with Crippen LogP contribution in [0.2, 0.25) is 15.1 Å². The first-order valence-corrected chi connectivity index (χ1v) is 6.51. The van der Waals surface area contributed by atoms with Gasteiger partial charge in [-0.3, -0.25) is 0 Å². The third kappa shape index (κ3) is 2.95. The SMILES string of the molecule is NCCCc1cn(-c2cc(Cl)c(Cl)cc2Cl)nn1. The normalized spacial score (nSPS) is 10.9. The number of hydrogen-bond acceptors (Lipinski definition) is 3. The number of halogens is 3. The van der Waals surface area contributed by atoms with Crippen LogP contribution in [-0.4, -0.2) is 21.5 Å². The van der Waals surface area contributed by atoms with Crippen molar-refractivity contribution in [3.05, 3.63) is 39.1 Å². The first kappa shape index (κ1) is 13.6. The molecule has 1 aromatic heterocycles. The second-order valence-electron chi connectivity index (χ2n) is 3.76. The molecule has 0 radical (unpaired) electrons. The summed E-state index contributed by atoms with van der Waals surface area (Å²) in [5, 5.41) is 9.37. The minimum Gasteiger partial charge on any atom is -0.330 e. The van der Waals surface area contributed by atoms with E-state index in [0.717, 1.165) is 18.5 Å². The maximum atomic E-state index is 6.10. The van der Waals surface area contributed by atoms with Crippen LogP contribution in [-0.2, 0) is 6.42 Å². The molecule has 0 bridgehead atoms. The van der Waals surface area contributed by atoms with Gasteiger partial charge in [-0.2, -0.15) is 0 Å². The van der Waals surface area contributed by atoms with Gasteiger partial charge in [-0.25, -0.2) is 4.68 Å². The van der Waals surface area contributed by atoms with Gasteiger partial charge in [0.2, 0.25) is 0 Å². The van der Waals surface area contributed by atoms with Crippen molar-refractivity contribution < 1.29 is 0 Å². The Morgan fingerprint density at radius 3 is 2.56 bits per heavy atom. The van der Waals surface area contributed by atoms with Gasteiger partial charge < -0.3 is 5.73 Å². The van der Waals surface area contributed by atoms with E-state index in [-0.39, 0.29) is 0 Å². The highest BCUT2D eigenvalue weighted by Crippen LogP contribution is 2.30.